The highest BCUT2D eigenvalue weighted by molar-refractivity contribution is 7.89. The maximum absolute atomic E-state index is 12.2. The molecular formula is C11H14N2O3S. The largest absolute Gasteiger partial charge is 0.354 e. The number of carbonyl (C=O) groups excluding carboxylic acids is 1. The summed E-state index contributed by atoms with van der Waals surface area (Å²) in [4.78, 5) is 11.4. The summed E-state index contributed by atoms with van der Waals surface area (Å²) in [6, 6.07) is 6.70. The Morgan fingerprint density at radius 2 is 2.12 bits per heavy atom. The van der Waals surface area contributed by atoms with E-state index in [0.717, 1.165) is 5.56 Å². The molecule has 0 aliphatic carbocycles. The number of rotatable bonds is 2. The van der Waals surface area contributed by atoms with Gasteiger partial charge in [-0.2, -0.15) is 4.31 Å². The maximum atomic E-state index is 12.2. The zero-order valence-corrected chi connectivity index (χ0v) is 10.3. The van der Waals surface area contributed by atoms with Crippen molar-refractivity contribution < 1.29 is 13.2 Å². The lowest BCUT2D eigenvalue weighted by Crippen LogP contribution is -2.49. The fourth-order valence-electron chi connectivity index (χ4n) is 1.75. The van der Waals surface area contributed by atoms with Crippen molar-refractivity contribution in [1.82, 2.24) is 9.62 Å². The number of aryl methyl sites for hydroxylation is 1. The molecule has 0 unspecified atom stereocenters. The quantitative estimate of drug-likeness (QED) is 0.815. The first kappa shape index (κ1) is 12.1. The van der Waals surface area contributed by atoms with Gasteiger partial charge in [0.25, 0.3) is 0 Å². The molecule has 2 rings (SSSR count). The Kier molecular flexibility index (Phi) is 3.17. The summed E-state index contributed by atoms with van der Waals surface area (Å²) in [6.07, 6.45) is 0. The number of nitrogens with one attached hydrogen (secondary N) is 1. The second-order valence-electron chi connectivity index (χ2n) is 4.01. The van der Waals surface area contributed by atoms with Gasteiger partial charge in [0.2, 0.25) is 15.9 Å². The zero-order chi connectivity index (χ0) is 12.5. The van der Waals surface area contributed by atoms with Gasteiger partial charge in [-0.15, -0.1) is 0 Å². The molecule has 6 heteroatoms. The molecule has 1 aromatic carbocycles. The molecule has 1 saturated heterocycles. The van der Waals surface area contributed by atoms with E-state index in [0.29, 0.717) is 13.1 Å². The minimum Gasteiger partial charge on any atom is -0.354 e. The van der Waals surface area contributed by atoms with Crippen LogP contribution >= 0.6 is 0 Å². The molecule has 1 heterocycles. The smallest absolute Gasteiger partial charge is 0.243 e. The molecule has 1 amide bonds. The second kappa shape index (κ2) is 4.46. The fraction of sp³-hybridized carbons (Fsp3) is 0.364. The molecule has 0 radical (unpaired) electrons. The Morgan fingerprint density at radius 1 is 1.35 bits per heavy atom. The summed E-state index contributed by atoms with van der Waals surface area (Å²) >= 11 is 0. The molecule has 0 spiro atoms. The number of carbonyl (C=O) groups is 1. The van der Waals surface area contributed by atoms with Gasteiger partial charge in [0.15, 0.2) is 0 Å². The maximum Gasteiger partial charge on any atom is 0.243 e. The normalized spacial score (nSPS) is 17.8. The molecule has 0 saturated carbocycles. The lowest BCUT2D eigenvalue weighted by atomic mass is 10.2. The van der Waals surface area contributed by atoms with Gasteiger partial charge >= 0.3 is 0 Å². The van der Waals surface area contributed by atoms with Gasteiger partial charge in [0.1, 0.15) is 0 Å². The summed E-state index contributed by atoms with van der Waals surface area (Å²) in [5, 5.41) is 2.60. The van der Waals surface area contributed by atoms with Crippen molar-refractivity contribution in [3.63, 3.8) is 0 Å². The fourth-order valence-corrected chi connectivity index (χ4v) is 3.25. The molecule has 92 valence electrons. The standard InChI is InChI=1S/C11H14N2O3S/c1-9-3-2-4-10(7-9)17(15,16)13-6-5-12-11(14)8-13/h2-4,7H,5-6,8H2,1H3,(H,12,14). The monoisotopic (exact) mass is 254 g/mol. The molecule has 17 heavy (non-hydrogen) atoms. The summed E-state index contributed by atoms with van der Waals surface area (Å²) in [5.41, 5.74) is 0.882. The van der Waals surface area contributed by atoms with E-state index in [-0.39, 0.29) is 17.3 Å². The van der Waals surface area contributed by atoms with E-state index in [1.54, 1.807) is 18.2 Å². The van der Waals surface area contributed by atoms with Crippen LogP contribution in [-0.4, -0.2) is 38.3 Å². The van der Waals surface area contributed by atoms with Crippen LogP contribution in [0, 0.1) is 6.92 Å². The highest BCUT2D eigenvalue weighted by Crippen LogP contribution is 2.17. The van der Waals surface area contributed by atoms with Gasteiger partial charge in [-0.3, -0.25) is 4.79 Å². The average molecular weight is 254 g/mol. The molecule has 1 aliphatic heterocycles. The van der Waals surface area contributed by atoms with E-state index in [2.05, 4.69) is 5.32 Å². The van der Waals surface area contributed by atoms with E-state index in [9.17, 15) is 13.2 Å². The number of amides is 1. The third kappa shape index (κ3) is 2.48. The lowest BCUT2D eigenvalue weighted by molar-refractivity contribution is -0.122. The number of sulfonamides is 1. The first-order valence-electron chi connectivity index (χ1n) is 5.34. The lowest BCUT2D eigenvalue weighted by Gasteiger charge is -2.25. The SMILES string of the molecule is Cc1cccc(S(=O)(=O)N2CCNC(=O)C2)c1. The number of benzene rings is 1. The topological polar surface area (TPSA) is 66.5 Å². The molecule has 0 atom stereocenters. The van der Waals surface area contributed by atoms with Gasteiger partial charge in [0, 0.05) is 13.1 Å². The average Bonchev–Trinajstić information content (AvgIpc) is 2.29. The predicted molar refractivity (Wildman–Crippen MR) is 62.9 cm³/mol. The summed E-state index contributed by atoms with van der Waals surface area (Å²) in [7, 11) is -3.54. The Labute approximate surface area is 100 Å². The summed E-state index contributed by atoms with van der Waals surface area (Å²) < 4.78 is 25.7. The Hall–Kier alpha value is -1.40. The van der Waals surface area contributed by atoms with Crippen LogP contribution in [0.3, 0.4) is 0 Å². The second-order valence-corrected chi connectivity index (χ2v) is 5.94. The molecular weight excluding hydrogens is 240 g/mol. The van der Waals surface area contributed by atoms with E-state index in [1.165, 1.54) is 4.31 Å². The van der Waals surface area contributed by atoms with Gasteiger partial charge < -0.3 is 5.32 Å². The Bertz CT molecular complexity index is 539. The van der Waals surface area contributed by atoms with Crippen molar-refractivity contribution in [1.29, 1.82) is 0 Å². The van der Waals surface area contributed by atoms with Crippen LogP contribution < -0.4 is 5.32 Å². The highest BCUT2D eigenvalue weighted by atomic mass is 32.2. The van der Waals surface area contributed by atoms with Crippen LogP contribution in [-0.2, 0) is 14.8 Å². The van der Waals surface area contributed by atoms with Crippen LogP contribution in [0.25, 0.3) is 0 Å². The first-order valence-corrected chi connectivity index (χ1v) is 6.78. The minimum absolute atomic E-state index is 0.101. The highest BCUT2D eigenvalue weighted by Gasteiger charge is 2.28. The molecule has 5 nitrogen and oxygen atoms in total. The van der Waals surface area contributed by atoms with Crippen molar-refractivity contribution in [2.45, 2.75) is 11.8 Å². The van der Waals surface area contributed by atoms with Crippen LogP contribution in [0.15, 0.2) is 29.2 Å². The third-order valence-electron chi connectivity index (χ3n) is 2.63. The van der Waals surface area contributed by atoms with Crippen molar-refractivity contribution in [3.05, 3.63) is 29.8 Å². The van der Waals surface area contributed by atoms with Crippen molar-refractivity contribution in [2.24, 2.45) is 0 Å². The van der Waals surface area contributed by atoms with Crippen molar-refractivity contribution >= 4 is 15.9 Å². The van der Waals surface area contributed by atoms with E-state index >= 15 is 0 Å². The number of piperazine rings is 1. The van der Waals surface area contributed by atoms with Gasteiger partial charge in [0.05, 0.1) is 11.4 Å². The molecule has 0 bridgehead atoms. The van der Waals surface area contributed by atoms with E-state index in [1.807, 2.05) is 13.0 Å². The van der Waals surface area contributed by atoms with Crippen molar-refractivity contribution in [2.75, 3.05) is 19.6 Å². The number of hydrogen-bond donors (Lipinski definition) is 1. The van der Waals surface area contributed by atoms with Crippen LogP contribution in [0.1, 0.15) is 5.56 Å². The van der Waals surface area contributed by atoms with E-state index < -0.39 is 10.0 Å². The molecule has 1 fully saturated rings. The van der Waals surface area contributed by atoms with Gasteiger partial charge in [-0.05, 0) is 24.6 Å². The van der Waals surface area contributed by atoms with E-state index in [4.69, 9.17) is 0 Å². The molecule has 1 N–H and O–H groups in total. The Morgan fingerprint density at radius 3 is 2.76 bits per heavy atom. The summed E-state index contributed by atoms with van der Waals surface area (Å²) in [5.74, 6) is -0.257. The third-order valence-corrected chi connectivity index (χ3v) is 4.47. The predicted octanol–water partition coefficient (Wildman–Crippen LogP) is 0.116. The molecule has 1 aliphatic rings. The molecule has 1 aromatic rings. The molecule has 0 aromatic heterocycles. The van der Waals surface area contributed by atoms with Crippen LogP contribution in [0.5, 0.6) is 0 Å². The van der Waals surface area contributed by atoms with Crippen LogP contribution in [0.2, 0.25) is 0 Å². The number of nitrogens with zero attached hydrogens (tertiary/aromatic N) is 1. The summed E-state index contributed by atoms with van der Waals surface area (Å²) in [6.45, 7) is 2.42. The van der Waals surface area contributed by atoms with Crippen LogP contribution in [0.4, 0.5) is 0 Å². The first-order chi connectivity index (χ1) is 8.00. The Balaban J connectivity index is 2.33. The minimum atomic E-state index is -3.54. The van der Waals surface area contributed by atoms with Crippen molar-refractivity contribution in [3.8, 4) is 0 Å². The van der Waals surface area contributed by atoms with Gasteiger partial charge in [-0.25, -0.2) is 8.42 Å². The van der Waals surface area contributed by atoms with Gasteiger partial charge in [-0.1, -0.05) is 12.1 Å². The number of hydrogen-bond acceptors (Lipinski definition) is 3. The zero-order valence-electron chi connectivity index (χ0n) is 9.51.